The Kier molecular flexibility index (Phi) is 4.44. The second-order valence-corrected chi connectivity index (χ2v) is 5.10. The summed E-state index contributed by atoms with van der Waals surface area (Å²) >= 11 is 0. The van der Waals surface area contributed by atoms with Gasteiger partial charge in [-0.15, -0.1) is 13.2 Å². The van der Waals surface area contributed by atoms with Gasteiger partial charge in [0.25, 0.3) is 0 Å². The Morgan fingerprint density at radius 3 is 2.16 bits per heavy atom. The van der Waals surface area contributed by atoms with Crippen LogP contribution in [-0.2, 0) is 11.2 Å². The van der Waals surface area contributed by atoms with Gasteiger partial charge in [-0.25, -0.2) is 0 Å². The molecule has 106 valence electrons. The third kappa shape index (κ3) is 6.13. The maximum absolute atomic E-state index is 12.0. The SMILES string of the molecule is CC(C)(CC(=O)O)Cc1ccc(OC(F)(F)F)cc1. The minimum absolute atomic E-state index is 0.00615. The molecule has 0 aliphatic heterocycles. The number of carbonyl (C=O) groups is 1. The van der Waals surface area contributed by atoms with Gasteiger partial charge in [0.2, 0.25) is 0 Å². The van der Waals surface area contributed by atoms with Gasteiger partial charge in [0.15, 0.2) is 0 Å². The van der Waals surface area contributed by atoms with Crippen molar-refractivity contribution in [3.63, 3.8) is 0 Å². The molecule has 1 aromatic carbocycles. The number of hydrogen-bond acceptors (Lipinski definition) is 2. The first kappa shape index (κ1) is 15.3. The molecular weight excluding hydrogens is 261 g/mol. The van der Waals surface area contributed by atoms with E-state index in [0.29, 0.717) is 6.42 Å². The second kappa shape index (κ2) is 5.50. The van der Waals surface area contributed by atoms with Crippen LogP contribution in [-0.4, -0.2) is 17.4 Å². The number of aliphatic carboxylic acids is 1. The Balaban J connectivity index is 2.69. The van der Waals surface area contributed by atoms with Gasteiger partial charge in [-0.3, -0.25) is 4.79 Å². The first-order valence-corrected chi connectivity index (χ1v) is 5.64. The third-order valence-electron chi connectivity index (χ3n) is 2.47. The highest BCUT2D eigenvalue weighted by atomic mass is 19.4. The van der Waals surface area contributed by atoms with Gasteiger partial charge in [-0.1, -0.05) is 26.0 Å². The number of carboxylic acids is 1. The topological polar surface area (TPSA) is 46.5 Å². The molecule has 0 radical (unpaired) electrons. The number of alkyl halides is 3. The number of carboxylic acid groups (broad SMARTS) is 1. The lowest BCUT2D eigenvalue weighted by molar-refractivity contribution is -0.274. The molecule has 0 atom stereocenters. The Morgan fingerprint density at radius 2 is 1.74 bits per heavy atom. The molecule has 0 saturated heterocycles. The van der Waals surface area contributed by atoms with E-state index in [4.69, 9.17) is 5.11 Å². The number of benzene rings is 1. The van der Waals surface area contributed by atoms with Crippen LogP contribution in [0.5, 0.6) is 5.75 Å². The average Bonchev–Trinajstić information content (AvgIpc) is 2.16. The van der Waals surface area contributed by atoms with Crippen molar-refractivity contribution in [3.8, 4) is 5.75 Å². The van der Waals surface area contributed by atoms with Crippen LogP contribution in [0.1, 0.15) is 25.8 Å². The molecule has 0 spiro atoms. The summed E-state index contributed by atoms with van der Waals surface area (Å²) in [5, 5.41) is 8.75. The van der Waals surface area contributed by atoms with Crippen molar-refractivity contribution in [2.45, 2.75) is 33.1 Å². The van der Waals surface area contributed by atoms with Crippen molar-refractivity contribution in [3.05, 3.63) is 29.8 Å². The molecule has 0 aliphatic carbocycles. The summed E-state index contributed by atoms with van der Waals surface area (Å²) in [7, 11) is 0. The molecule has 1 rings (SSSR count). The van der Waals surface area contributed by atoms with Gasteiger partial charge < -0.3 is 9.84 Å². The van der Waals surface area contributed by atoms with E-state index >= 15 is 0 Å². The number of halogens is 3. The number of hydrogen-bond donors (Lipinski definition) is 1. The van der Waals surface area contributed by atoms with Gasteiger partial charge >= 0.3 is 12.3 Å². The lowest BCUT2D eigenvalue weighted by Gasteiger charge is -2.22. The lowest BCUT2D eigenvalue weighted by Crippen LogP contribution is -2.20. The van der Waals surface area contributed by atoms with E-state index in [0.717, 1.165) is 5.56 Å². The maximum atomic E-state index is 12.0. The molecule has 3 nitrogen and oxygen atoms in total. The summed E-state index contributed by atoms with van der Waals surface area (Å²) < 4.78 is 39.7. The minimum Gasteiger partial charge on any atom is -0.481 e. The van der Waals surface area contributed by atoms with Crippen molar-refractivity contribution >= 4 is 5.97 Å². The molecule has 0 amide bonds. The van der Waals surface area contributed by atoms with Crippen LogP contribution in [0.15, 0.2) is 24.3 Å². The zero-order valence-corrected chi connectivity index (χ0v) is 10.6. The smallest absolute Gasteiger partial charge is 0.481 e. The summed E-state index contributed by atoms with van der Waals surface area (Å²) in [5.41, 5.74) is 0.305. The lowest BCUT2D eigenvalue weighted by atomic mass is 9.83. The monoisotopic (exact) mass is 276 g/mol. The normalized spacial score (nSPS) is 12.3. The van der Waals surface area contributed by atoms with E-state index in [9.17, 15) is 18.0 Å². The molecule has 0 fully saturated rings. The van der Waals surface area contributed by atoms with Crippen molar-refractivity contribution in [2.24, 2.45) is 5.41 Å². The Bertz CT molecular complexity index is 435. The number of rotatable bonds is 5. The second-order valence-electron chi connectivity index (χ2n) is 5.10. The summed E-state index contributed by atoms with van der Waals surface area (Å²) in [6.07, 6.45) is -4.25. The third-order valence-corrected chi connectivity index (χ3v) is 2.47. The largest absolute Gasteiger partial charge is 0.573 e. The molecule has 0 aliphatic rings. The summed E-state index contributed by atoms with van der Waals surface area (Å²) in [4.78, 5) is 10.7. The van der Waals surface area contributed by atoms with E-state index in [1.54, 1.807) is 13.8 Å². The van der Waals surface area contributed by atoms with Gasteiger partial charge in [-0.05, 0) is 29.5 Å². The maximum Gasteiger partial charge on any atom is 0.573 e. The van der Waals surface area contributed by atoms with E-state index in [1.807, 2.05) is 0 Å². The first-order chi connectivity index (χ1) is 8.57. The summed E-state index contributed by atoms with van der Waals surface area (Å²) in [6.45, 7) is 3.59. The van der Waals surface area contributed by atoms with Gasteiger partial charge in [0, 0.05) is 0 Å². The molecular formula is C13H15F3O3. The zero-order valence-electron chi connectivity index (χ0n) is 10.6. The summed E-state index contributed by atoms with van der Waals surface area (Å²) in [6, 6.07) is 5.45. The standard InChI is InChI=1S/C13H15F3O3/c1-12(2,8-11(17)18)7-9-3-5-10(6-4-9)19-13(14,15)16/h3-6H,7-8H2,1-2H3,(H,17,18). The van der Waals surface area contributed by atoms with E-state index in [1.165, 1.54) is 24.3 Å². The van der Waals surface area contributed by atoms with Crippen LogP contribution >= 0.6 is 0 Å². The van der Waals surface area contributed by atoms with E-state index in [2.05, 4.69) is 4.74 Å². The van der Waals surface area contributed by atoms with Gasteiger partial charge in [-0.2, -0.15) is 0 Å². The molecule has 6 heteroatoms. The van der Waals surface area contributed by atoms with Gasteiger partial charge in [0.1, 0.15) is 5.75 Å². The van der Waals surface area contributed by atoms with E-state index < -0.39 is 17.7 Å². The van der Waals surface area contributed by atoms with Crippen molar-refractivity contribution in [1.29, 1.82) is 0 Å². The van der Waals surface area contributed by atoms with Crippen molar-refractivity contribution in [1.82, 2.24) is 0 Å². The van der Waals surface area contributed by atoms with Crippen molar-refractivity contribution in [2.75, 3.05) is 0 Å². The molecule has 0 unspecified atom stereocenters. The van der Waals surface area contributed by atoms with Crippen LogP contribution < -0.4 is 4.74 Å². The molecule has 1 aromatic rings. The molecule has 1 N–H and O–H groups in total. The van der Waals surface area contributed by atoms with Crippen LogP contribution in [0.2, 0.25) is 0 Å². The van der Waals surface area contributed by atoms with E-state index in [-0.39, 0.29) is 12.2 Å². The Labute approximate surface area is 109 Å². The highest BCUT2D eigenvalue weighted by Crippen LogP contribution is 2.28. The fraction of sp³-hybridized carbons (Fsp3) is 0.462. The quantitative estimate of drug-likeness (QED) is 0.893. The Morgan fingerprint density at radius 1 is 1.21 bits per heavy atom. The summed E-state index contributed by atoms with van der Waals surface area (Å²) in [5.74, 6) is -1.19. The van der Waals surface area contributed by atoms with Crippen LogP contribution in [0.4, 0.5) is 13.2 Å². The van der Waals surface area contributed by atoms with Crippen molar-refractivity contribution < 1.29 is 27.8 Å². The zero-order chi connectivity index (χ0) is 14.7. The highest BCUT2D eigenvalue weighted by Gasteiger charge is 2.31. The fourth-order valence-electron chi connectivity index (χ4n) is 1.83. The fourth-order valence-corrected chi connectivity index (χ4v) is 1.83. The molecule has 19 heavy (non-hydrogen) atoms. The Hall–Kier alpha value is -1.72. The number of ether oxygens (including phenoxy) is 1. The molecule has 0 saturated carbocycles. The minimum atomic E-state index is -4.70. The van der Waals surface area contributed by atoms with Crippen LogP contribution in [0, 0.1) is 5.41 Å². The molecule has 0 bridgehead atoms. The average molecular weight is 276 g/mol. The predicted molar refractivity (Wildman–Crippen MR) is 62.9 cm³/mol. The molecule has 0 heterocycles. The predicted octanol–water partition coefficient (Wildman–Crippen LogP) is 3.63. The molecule has 0 aromatic heterocycles. The van der Waals surface area contributed by atoms with Gasteiger partial charge in [0.05, 0.1) is 6.42 Å². The van der Waals surface area contributed by atoms with Crippen LogP contribution in [0.3, 0.4) is 0 Å². The first-order valence-electron chi connectivity index (χ1n) is 5.64. The van der Waals surface area contributed by atoms with Crippen LogP contribution in [0.25, 0.3) is 0 Å². The highest BCUT2D eigenvalue weighted by molar-refractivity contribution is 5.67.